The van der Waals surface area contributed by atoms with Crippen molar-refractivity contribution in [2.75, 3.05) is 29.0 Å². The van der Waals surface area contributed by atoms with Crippen LogP contribution in [0.15, 0.2) is 18.2 Å². The minimum absolute atomic E-state index is 0.0351. The molecule has 8 heteroatoms. The minimum Gasteiger partial charge on any atom is -0.354 e. The van der Waals surface area contributed by atoms with Crippen LogP contribution in [-0.4, -0.2) is 28.0 Å². The Morgan fingerprint density at radius 3 is 2.10 bits per heavy atom. The van der Waals surface area contributed by atoms with E-state index in [2.05, 4.69) is 30.9 Å². The highest BCUT2D eigenvalue weighted by Gasteiger charge is 2.07. The lowest BCUT2D eigenvalue weighted by Gasteiger charge is -2.10. The summed E-state index contributed by atoms with van der Waals surface area (Å²) in [5.41, 5.74) is 0.595. The zero-order valence-electron chi connectivity index (χ0n) is 11.7. The van der Waals surface area contributed by atoms with Gasteiger partial charge in [-0.15, -0.1) is 0 Å². The lowest BCUT2D eigenvalue weighted by molar-refractivity contribution is 0.628. The molecule has 2 aromatic rings. The fourth-order valence-electron chi connectivity index (χ4n) is 1.61. The number of aromatic nitrogens is 3. The van der Waals surface area contributed by atoms with Crippen LogP contribution in [0.5, 0.6) is 0 Å². The standard InChI is InChI=1S/C13H16ClFN6/c1-3-16-11-19-12(17-4-2)21-13(20-11)18-8-5-6-10(15)9(14)7-8/h5-7H,3-4H2,1-2H3,(H3,16,17,18,19,20,21). The van der Waals surface area contributed by atoms with E-state index in [9.17, 15) is 4.39 Å². The molecule has 0 radical (unpaired) electrons. The van der Waals surface area contributed by atoms with Crippen molar-refractivity contribution in [3.8, 4) is 0 Å². The quantitative estimate of drug-likeness (QED) is 0.760. The Bertz CT molecular complexity index is 597. The first-order chi connectivity index (χ1) is 10.1. The van der Waals surface area contributed by atoms with E-state index < -0.39 is 5.82 Å². The molecular weight excluding hydrogens is 295 g/mol. The van der Waals surface area contributed by atoms with Crippen LogP contribution >= 0.6 is 11.6 Å². The van der Waals surface area contributed by atoms with Crippen LogP contribution in [0.4, 0.5) is 27.9 Å². The van der Waals surface area contributed by atoms with E-state index in [0.717, 1.165) is 0 Å². The smallest absolute Gasteiger partial charge is 0.233 e. The molecule has 0 aliphatic carbocycles. The number of hydrogen-bond donors (Lipinski definition) is 3. The van der Waals surface area contributed by atoms with Crippen molar-refractivity contribution in [2.24, 2.45) is 0 Å². The first-order valence-electron chi connectivity index (χ1n) is 6.58. The molecule has 0 spiro atoms. The van der Waals surface area contributed by atoms with Crippen molar-refractivity contribution in [3.05, 3.63) is 29.0 Å². The van der Waals surface area contributed by atoms with Gasteiger partial charge in [0.2, 0.25) is 17.8 Å². The second-order valence-electron chi connectivity index (χ2n) is 4.12. The minimum atomic E-state index is -0.473. The molecule has 0 amide bonds. The zero-order valence-corrected chi connectivity index (χ0v) is 12.5. The van der Waals surface area contributed by atoms with Gasteiger partial charge >= 0.3 is 0 Å². The molecule has 1 aromatic carbocycles. The van der Waals surface area contributed by atoms with Crippen molar-refractivity contribution in [1.29, 1.82) is 0 Å². The van der Waals surface area contributed by atoms with Crippen molar-refractivity contribution >= 4 is 35.1 Å². The summed E-state index contributed by atoms with van der Waals surface area (Å²) in [4.78, 5) is 12.7. The van der Waals surface area contributed by atoms with Gasteiger partial charge in [0.05, 0.1) is 5.02 Å². The summed E-state index contributed by atoms with van der Waals surface area (Å²) in [6.07, 6.45) is 0. The second-order valence-corrected chi connectivity index (χ2v) is 4.53. The molecule has 1 aromatic heterocycles. The Kier molecular flexibility index (Phi) is 5.10. The third-order valence-corrected chi connectivity index (χ3v) is 2.77. The Labute approximate surface area is 127 Å². The average Bonchev–Trinajstić information content (AvgIpc) is 2.43. The highest BCUT2D eigenvalue weighted by atomic mass is 35.5. The predicted molar refractivity (Wildman–Crippen MR) is 82.8 cm³/mol. The van der Waals surface area contributed by atoms with Gasteiger partial charge in [0, 0.05) is 18.8 Å². The van der Waals surface area contributed by atoms with Crippen LogP contribution in [0.1, 0.15) is 13.8 Å². The van der Waals surface area contributed by atoms with E-state index >= 15 is 0 Å². The number of rotatable bonds is 6. The van der Waals surface area contributed by atoms with Crippen LogP contribution < -0.4 is 16.0 Å². The largest absolute Gasteiger partial charge is 0.354 e. The van der Waals surface area contributed by atoms with Crippen LogP contribution in [0.2, 0.25) is 5.02 Å². The first-order valence-corrected chi connectivity index (χ1v) is 6.96. The Morgan fingerprint density at radius 1 is 1.00 bits per heavy atom. The SMILES string of the molecule is CCNc1nc(NCC)nc(Nc2ccc(F)c(Cl)c2)n1. The summed E-state index contributed by atoms with van der Waals surface area (Å²) in [5.74, 6) is 0.789. The molecule has 0 atom stereocenters. The fraction of sp³-hybridized carbons (Fsp3) is 0.308. The number of hydrogen-bond acceptors (Lipinski definition) is 6. The third-order valence-electron chi connectivity index (χ3n) is 2.48. The maximum absolute atomic E-state index is 13.1. The van der Waals surface area contributed by atoms with Gasteiger partial charge < -0.3 is 16.0 Å². The van der Waals surface area contributed by atoms with Gasteiger partial charge in [-0.25, -0.2) is 4.39 Å². The van der Waals surface area contributed by atoms with Crippen LogP contribution in [0.25, 0.3) is 0 Å². The number of nitrogens with one attached hydrogen (secondary N) is 3. The molecule has 0 aliphatic rings. The van der Waals surface area contributed by atoms with E-state index in [1.54, 1.807) is 6.07 Å². The molecule has 0 saturated carbocycles. The topological polar surface area (TPSA) is 74.8 Å². The molecule has 0 bridgehead atoms. The molecule has 6 nitrogen and oxygen atoms in total. The summed E-state index contributed by atoms with van der Waals surface area (Å²) in [5, 5.41) is 9.06. The molecule has 2 rings (SSSR count). The van der Waals surface area contributed by atoms with E-state index in [1.807, 2.05) is 13.8 Å². The van der Waals surface area contributed by atoms with Crippen LogP contribution in [0.3, 0.4) is 0 Å². The van der Waals surface area contributed by atoms with Gasteiger partial charge in [-0.05, 0) is 32.0 Å². The predicted octanol–water partition coefficient (Wildman–Crippen LogP) is 3.27. The van der Waals surface area contributed by atoms with E-state index in [1.165, 1.54) is 12.1 Å². The van der Waals surface area contributed by atoms with Crippen LogP contribution in [-0.2, 0) is 0 Å². The molecular formula is C13H16ClFN6. The summed E-state index contributed by atoms with van der Waals surface area (Å²) in [6.45, 7) is 5.28. The van der Waals surface area contributed by atoms with Crippen molar-refractivity contribution in [1.82, 2.24) is 15.0 Å². The Hall–Kier alpha value is -2.15. The number of halogens is 2. The van der Waals surface area contributed by atoms with Gasteiger partial charge in [0.15, 0.2) is 0 Å². The zero-order chi connectivity index (χ0) is 15.2. The highest BCUT2D eigenvalue weighted by molar-refractivity contribution is 6.31. The van der Waals surface area contributed by atoms with E-state index in [0.29, 0.717) is 36.6 Å². The highest BCUT2D eigenvalue weighted by Crippen LogP contribution is 2.22. The Balaban J connectivity index is 2.26. The lowest BCUT2D eigenvalue weighted by atomic mass is 10.3. The molecule has 0 unspecified atom stereocenters. The van der Waals surface area contributed by atoms with Gasteiger partial charge in [0.1, 0.15) is 5.82 Å². The van der Waals surface area contributed by atoms with Gasteiger partial charge in [-0.2, -0.15) is 15.0 Å². The van der Waals surface area contributed by atoms with Gasteiger partial charge in [-0.1, -0.05) is 11.6 Å². The maximum atomic E-state index is 13.1. The molecule has 0 saturated heterocycles. The Morgan fingerprint density at radius 2 is 1.57 bits per heavy atom. The fourth-order valence-corrected chi connectivity index (χ4v) is 1.79. The van der Waals surface area contributed by atoms with E-state index in [-0.39, 0.29) is 5.02 Å². The molecule has 0 aliphatic heterocycles. The summed E-state index contributed by atoms with van der Waals surface area (Å²) >= 11 is 5.75. The molecule has 1 heterocycles. The third kappa shape index (κ3) is 4.16. The number of benzene rings is 1. The lowest BCUT2D eigenvalue weighted by Crippen LogP contribution is -2.10. The van der Waals surface area contributed by atoms with Crippen molar-refractivity contribution < 1.29 is 4.39 Å². The number of anilines is 4. The van der Waals surface area contributed by atoms with Crippen molar-refractivity contribution in [3.63, 3.8) is 0 Å². The van der Waals surface area contributed by atoms with Crippen molar-refractivity contribution in [2.45, 2.75) is 13.8 Å². The van der Waals surface area contributed by atoms with Crippen LogP contribution in [0, 0.1) is 5.82 Å². The summed E-state index contributed by atoms with van der Waals surface area (Å²) in [6, 6.07) is 4.31. The normalized spacial score (nSPS) is 10.3. The maximum Gasteiger partial charge on any atom is 0.233 e. The van der Waals surface area contributed by atoms with E-state index in [4.69, 9.17) is 11.6 Å². The molecule has 0 fully saturated rings. The molecule has 112 valence electrons. The monoisotopic (exact) mass is 310 g/mol. The summed E-state index contributed by atoms with van der Waals surface area (Å²) in [7, 11) is 0. The number of nitrogens with zero attached hydrogens (tertiary/aromatic N) is 3. The molecule has 3 N–H and O–H groups in total. The molecule has 21 heavy (non-hydrogen) atoms. The van der Waals surface area contributed by atoms with Gasteiger partial charge in [-0.3, -0.25) is 0 Å². The second kappa shape index (κ2) is 7.03. The van der Waals surface area contributed by atoms with Gasteiger partial charge in [0.25, 0.3) is 0 Å². The average molecular weight is 311 g/mol. The summed E-state index contributed by atoms with van der Waals surface area (Å²) < 4.78 is 13.1. The first kappa shape index (κ1) is 15.2.